The zero-order chi connectivity index (χ0) is 21.9. The lowest BCUT2D eigenvalue weighted by molar-refractivity contribution is 0.0941. The van der Waals surface area contributed by atoms with Crippen LogP contribution in [0.25, 0.3) is 0 Å². The van der Waals surface area contributed by atoms with Gasteiger partial charge in [-0.2, -0.15) is 0 Å². The highest BCUT2D eigenvalue weighted by molar-refractivity contribution is 7.92. The number of anilines is 1. The van der Waals surface area contributed by atoms with Crippen molar-refractivity contribution in [3.05, 3.63) is 92.3 Å². The Bertz CT molecular complexity index is 1300. The van der Waals surface area contributed by atoms with Crippen molar-refractivity contribution >= 4 is 21.6 Å². The number of sulfonamides is 1. The van der Waals surface area contributed by atoms with E-state index in [2.05, 4.69) is 15.0 Å². The van der Waals surface area contributed by atoms with Crippen molar-refractivity contribution in [1.82, 2.24) is 15.3 Å². The summed E-state index contributed by atoms with van der Waals surface area (Å²) in [5, 5.41) is 2.82. The Labute approximate surface area is 172 Å². The first-order valence-corrected chi connectivity index (χ1v) is 10.5. The van der Waals surface area contributed by atoms with E-state index in [1.807, 2.05) is 42.2 Å². The number of carbonyl (C=O) groups is 1. The van der Waals surface area contributed by atoms with E-state index in [0.717, 1.165) is 5.56 Å². The number of hydrogen-bond donors (Lipinski definition) is 4. The van der Waals surface area contributed by atoms with Gasteiger partial charge in [0.25, 0.3) is 21.5 Å². The molecule has 3 aromatic rings. The summed E-state index contributed by atoms with van der Waals surface area (Å²) >= 11 is 0. The molecule has 3 rings (SSSR count). The topological polar surface area (TPSA) is 141 Å². The van der Waals surface area contributed by atoms with Crippen molar-refractivity contribution in [2.24, 2.45) is 0 Å². The maximum atomic E-state index is 12.8. The van der Waals surface area contributed by atoms with Crippen molar-refractivity contribution in [3.8, 4) is 0 Å². The second-order valence-electron chi connectivity index (χ2n) is 6.62. The number of aryl methyl sites for hydroxylation is 1. The van der Waals surface area contributed by atoms with Crippen molar-refractivity contribution in [2.75, 3.05) is 4.72 Å². The van der Waals surface area contributed by atoms with Crippen LogP contribution in [0.1, 0.15) is 34.6 Å². The molecule has 30 heavy (non-hydrogen) atoms. The number of carbonyl (C=O) groups excluding carboxylic acids is 1. The third-order valence-corrected chi connectivity index (χ3v) is 5.92. The number of benzene rings is 2. The fraction of sp³-hybridized carbons (Fsp3) is 0.150. The number of H-pyrrole nitrogens is 2. The molecule has 0 saturated heterocycles. The summed E-state index contributed by atoms with van der Waals surface area (Å²) in [6.07, 6.45) is 0. The van der Waals surface area contributed by atoms with Gasteiger partial charge < -0.3 is 10.3 Å². The molecule has 4 N–H and O–H groups in total. The standard InChI is InChI=1S/C20H20N4O5S/c1-12(14-8-4-3-5-9-14)21-18(25)15-10-6-7-11-16(15)24-30(28,29)17-13(2)22-20(27)23-19(17)26/h3-12,24H,1-2H3,(H,21,25)(H2,22,23,26,27). The highest BCUT2D eigenvalue weighted by Crippen LogP contribution is 2.21. The highest BCUT2D eigenvalue weighted by Gasteiger charge is 2.24. The summed E-state index contributed by atoms with van der Waals surface area (Å²) in [4.78, 5) is 39.7. The lowest BCUT2D eigenvalue weighted by Crippen LogP contribution is -2.32. The zero-order valence-corrected chi connectivity index (χ0v) is 17.0. The number of nitrogens with one attached hydrogen (secondary N) is 4. The second-order valence-corrected chi connectivity index (χ2v) is 8.24. The van der Waals surface area contributed by atoms with E-state index < -0.39 is 32.1 Å². The van der Waals surface area contributed by atoms with Gasteiger partial charge in [-0.05, 0) is 31.5 Å². The molecule has 0 aliphatic heterocycles. The van der Waals surface area contributed by atoms with E-state index in [-0.39, 0.29) is 23.0 Å². The van der Waals surface area contributed by atoms with E-state index >= 15 is 0 Å². The summed E-state index contributed by atoms with van der Waals surface area (Å²) in [7, 11) is -4.37. The van der Waals surface area contributed by atoms with Gasteiger partial charge in [0.15, 0.2) is 4.90 Å². The molecule has 1 unspecified atom stereocenters. The minimum Gasteiger partial charge on any atom is -0.345 e. The van der Waals surface area contributed by atoms with Crippen molar-refractivity contribution in [2.45, 2.75) is 24.8 Å². The zero-order valence-electron chi connectivity index (χ0n) is 16.2. The van der Waals surface area contributed by atoms with Gasteiger partial charge in [0.1, 0.15) is 0 Å². The summed E-state index contributed by atoms with van der Waals surface area (Å²) in [5.41, 5.74) is -1.01. The molecule has 10 heteroatoms. The molecular formula is C20H20N4O5S. The Hall–Kier alpha value is -3.66. The SMILES string of the molecule is Cc1[nH]c(=O)[nH]c(=O)c1S(=O)(=O)Nc1ccccc1C(=O)NC(C)c1ccccc1. The lowest BCUT2D eigenvalue weighted by atomic mass is 10.1. The predicted molar refractivity (Wildman–Crippen MR) is 112 cm³/mol. The quantitative estimate of drug-likeness (QED) is 0.473. The summed E-state index contributed by atoms with van der Waals surface area (Å²) in [6.45, 7) is 3.11. The number of para-hydroxylation sites is 1. The molecule has 1 atom stereocenters. The van der Waals surface area contributed by atoms with Crippen molar-refractivity contribution < 1.29 is 13.2 Å². The van der Waals surface area contributed by atoms with Gasteiger partial charge >= 0.3 is 5.69 Å². The molecule has 0 aliphatic carbocycles. The molecule has 1 amide bonds. The molecule has 9 nitrogen and oxygen atoms in total. The van der Waals surface area contributed by atoms with Crippen LogP contribution < -0.4 is 21.3 Å². The van der Waals surface area contributed by atoms with Gasteiger partial charge in [-0.3, -0.25) is 19.3 Å². The molecule has 156 valence electrons. The largest absolute Gasteiger partial charge is 0.345 e. The average Bonchev–Trinajstić information content (AvgIpc) is 2.67. The van der Waals surface area contributed by atoms with Crippen LogP contribution >= 0.6 is 0 Å². The number of rotatable bonds is 6. The maximum absolute atomic E-state index is 12.8. The predicted octanol–water partition coefficient (Wildman–Crippen LogP) is 1.66. The van der Waals surface area contributed by atoms with Gasteiger partial charge in [0, 0.05) is 5.69 Å². The Balaban J connectivity index is 1.91. The van der Waals surface area contributed by atoms with E-state index in [0.29, 0.717) is 0 Å². The molecule has 0 bridgehead atoms. The Morgan fingerprint density at radius 3 is 2.27 bits per heavy atom. The molecular weight excluding hydrogens is 408 g/mol. The fourth-order valence-electron chi connectivity index (χ4n) is 2.98. The third-order valence-electron chi connectivity index (χ3n) is 4.41. The highest BCUT2D eigenvalue weighted by atomic mass is 32.2. The van der Waals surface area contributed by atoms with Crippen LogP contribution in [0.4, 0.5) is 5.69 Å². The normalized spacial score (nSPS) is 12.2. The summed E-state index contributed by atoms with van der Waals surface area (Å²) in [6, 6.07) is 15.0. The smallest absolute Gasteiger partial charge is 0.325 e. The first-order valence-electron chi connectivity index (χ1n) is 9.00. The van der Waals surface area contributed by atoms with Gasteiger partial charge in [0.2, 0.25) is 0 Å². The minimum atomic E-state index is -4.37. The number of aromatic nitrogens is 2. The van der Waals surface area contributed by atoms with E-state index in [1.54, 1.807) is 12.1 Å². The molecule has 0 spiro atoms. The Kier molecular flexibility index (Phi) is 5.88. The Morgan fingerprint density at radius 2 is 1.60 bits per heavy atom. The van der Waals surface area contributed by atoms with Crippen LogP contribution in [0.3, 0.4) is 0 Å². The molecule has 0 saturated carbocycles. The first-order chi connectivity index (χ1) is 14.2. The average molecular weight is 428 g/mol. The lowest BCUT2D eigenvalue weighted by Gasteiger charge is -2.17. The third kappa shape index (κ3) is 4.49. The van der Waals surface area contributed by atoms with Gasteiger partial charge in [-0.25, -0.2) is 13.2 Å². The molecule has 1 aromatic heterocycles. The summed E-state index contributed by atoms with van der Waals surface area (Å²) in [5.74, 6) is -0.489. The maximum Gasteiger partial charge on any atom is 0.325 e. The summed E-state index contributed by atoms with van der Waals surface area (Å²) < 4.78 is 27.8. The number of amides is 1. The van der Waals surface area contributed by atoms with Crippen molar-refractivity contribution in [3.63, 3.8) is 0 Å². The van der Waals surface area contributed by atoms with Gasteiger partial charge in [0.05, 0.1) is 17.3 Å². The first kappa shape index (κ1) is 21.1. The second kappa shape index (κ2) is 8.37. The fourth-order valence-corrected chi connectivity index (χ4v) is 4.30. The van der Waals surface area contributed by atoms with Crippen LogP contribution in [0.15, 0.2) is 69.1 Å². The monoisotopic (exact) mass is 428 g/mol. The number of aromatic amines is 2. The van der Waals surface area contributed by atoms with Crippen LogP contribution in [0.5, 0.6) is 0 Å². The minimum absolute atomic E-state index is 0.000242. The molecule has 2 aromatic carbocycles. The van der Waals surface area contributed by atoms with Crippen LogP contribution in [-0.4, -0.2) is 24.3 Å². The number of hydrogen-bond acceptors (Lipinski definition) is 5. The van der Waals surface area contributed by atoms with Gasteiger partial charge in [-0.15, -0.1) is 0 Å². The van der Waals surface area contributed by atoms with Crippen LogP contribution in [0, 0.1) is 6.92 Å². The van der Waals surface area contributed by atoms with E-state index in [1.165, 1.54) is 19.1 Å². The Morgan fingerprint density at radius 1 is 0.967 bits per heavy atom. The molecule has 1 heterocycles. The van der Waals surface area contributed by atoms with Crippen LogP contribution in [-0.2, 0) is 10.0 Å². The molecule has 0 fully saturated rings. The van der Waals surface area contributed by atoms with Crippen molar-refractivity contribution in [1.29, 1.82) is 0 Å². The van der Waals surface area contributed by atoms with Crippen LogP contribution in [0.2, 0.25) is 0 Å². The molecule has 0 aliphatic rings. The van der Waals surface area contributed by atoms with E-state index in [9.17, 15) is 22.8 Å². The van der Waals surface area contributed by atoms with Gasteiger partial charge in [-0.1, -0.05) is 42.5 Å². The van der Waals surface area contributed by atoms with E-state index in [4.69, 9.17) is 0 Å². The molecule has 0 radical (unpaired) electrons.